The molecule has 19 heavy (non-hydrogen) atoms. The summed E-state index contributed by atoms with van der Waals surface area (Å²) >= 11 is 5.30. The second kappa shape index (κ2) is 5.02. The summed E-state index contributed by atoms with van der Waals surface area (Å²) in [5.41, 5.74) is 2.69. The highest BCUT2D eigenvalue weighted by Gasteiger charge is 2.15. The number of methoxy groups -OCH3 is 1. The first-order valence-electron chi connectivity index (χ1n) is 5.84. The third-order valence-electron chi connectivity index (χ3n) is 2.94. The van der Waals surface area contributed by atoms with E-state index in [-0.39, 0.29) is 0 Å². The lowest BCUT2D eigenvalue weighted by molar-refractivity contribution is 0.108. The Balaban J connectivity index is 2.10. The van der Waals surface area contributed by atoms with Crippen molar-refractivity contribution >= 4 is 12.2 Å². The molecule has 0 bridgehead atoms. The molecule has 0 saturated carbocycles. The van der Waals surface area contributed by atoms with Crippen molar-refractivity contribution in [2.24, 2.45) is 0 Å². The molecule has 0 aliphatic carbocycles. The zero-order valence-electron chi connectivity index (χ0n) is 10.3. The van der Waals surface area contributed by atoms with E-state index in [9.17, 15) is 0 Å². The Kier molecular flexibility index (Phi) is 3.22. The quantitative estimate of drug-likeness (QED) is 0.841. The van der Waals surface area contributed by atoms with Crippen molar-refractivity contribution in [3.63, 3.8) is 0 Å². The maximum absolute atomic E-state index is 5.39. The van der Waals surface area contributed by atoms with E-state index in [4.69, 9.17) is 21.7 Å². The summed E-state index contributed by atoms with van der Waals surface area (Å²) < 4.78 is 11.0. The predicted molar refractivity (Wildman–Crippen MR) is 70.4 cm³/mol. The maximum Gasteiger partial charge on any atom is 0.216 e. The fourth-order valence-corrected chi connectivity index (χ4v) is 2.23. The lowest BCUT2D eigenvalue weighted by atomic mass is 10.1. The number of nitrogens with one attached hydrogen (secondary N) is 1. The Labute approximate surface area is 114 Å². The Morgan fingerprint density at radius 3 is 3.16 bits per heavy atom. The van der Waals surface area contributed by atoms with Gasteiger partial charge in [0.25, 0.3) is 0 Å². The molecule has 3 rings (SSSR count). The van der Waals surface area contributed by atoms with Gasteiger partial charge < -0.3 is 14.5 Å². The van der Waals surface area contributed by atoms with Gasteiger partial charge in [-0.2, -0.15) is 0 Å². The van der Waals surface area contributed by atoms with Gasteiger partial charge in [-0.3, -0.25) is 0 Å². The first kappa shape index (κ1) is 12.2. The van der Waals surface area contributed by atoms with E-state index >= 15 is 0 Å². The molecule has 0 radical (unpaired) electrons. The average Bonchev–Trinajstić information content (AvgIpc) is 2.47. The SMILES string of the molecule is COc1cc(-c2nc(=S)c3c([nH]2)CCOC3)ncn1. The van der Waals surface area contributed by atoms with E-state index < -0.39 is 0 Å². The lowest BCUT2D eigenvalue weighted by Crippen LogP contribution is -2.14. The molecule has 2 aromatic heterocycles. The summed E-state index contributed by atoms with van der Waals surface area (Å²) in [5, 5.41) is 0. The summed E-state index contributed by atoms with van der Waals surface area (Å²) in [5.74, 6) is 1.12. The normalized spacial score (nSPS) is 13.9. The molecule has 0 aromatic carbocycles. The molecule has 0 atom stereocenters. The number of rotatable bonds is 2. The smallest absolute Gasteiger partial charge is 0.216 e. The molecular formula is C12H12N4O2S. The summed E-state index contributed by atoms with van der Waals surface area (Å²) in [6, 6.07) is 1.72. The average molecular weight is 276 g/mol. The molecule has 1 aliphatic heterocycles. The van der Waals surface area contributed by atoms with Gasteiger partial charge in [0.05, 0.1) is 20.3 Å². The first-order valence-corrected chi connectivity index (χ1v) is 6.25. The molecule has 7 heteroatoms. The van der Waals surface area contributed by atoms with Crippen molar-refractivity contribution in [1.29, 1.82) is 0 Å². The minimum atomic E-state index is 0.493. The Hall–Kier alpha value is -1.86. The minimum Gasteiger partial charge on any atom is -0.481 e. The van der Waals surface area contributed by atoms with E-state index in [0.29, 0.717) is 35.3 Å². The number of hydrogen-bond donors (Lipinski definition) is 1. The van der Waals surface area contributed by atoms with E-state index in [0.717, 1.165) is 17.7 Å². The van der Waals surface area contributed by atoms with Crippen LogP contribution in [0, 0.1) is 4.64 Å². The fourth-order valence-electron chi connectivity index (χ4n) is 1.96. The van der Waals surface area contributed by atoms with E-state index in [1.807, 2.05) is 0 Å². The van der Waals surface area contributed by atoms with Crippen LogP contribution in [0.2, 0.25) is 0 Å². The highest BCUT2D eigenvalue weighted by Crippen LogP contribution is 2.21. The summed E-state index contributed by atoms with van der Waals surface area (Å²) in [7, 11) is 1.56. The van der Waals surface area contributed by atoms with Gasteiger partial charge in [-0.05, 0) is 0 Å². The Bertz CT molecular complexity index is 671. The van der Waals surface area contributed by atoms with Gasteiger partial charge >= 0.3 is 0 Å². The molecule has 0 fully saturated rings. The summed E-state index contributed by atoms with van der Waals surface area (Å²) in [6.07, 6.45) is 2.24. The van der Waals surface area contributed by atoms with E-state index in [1.54, 1.807) is 13.2 Å². The number of nitrogens with zero attached hydrogens (tertiary/aromatic N) is 3. The van der Waals surface area contributed by atoms with Gasteiger partial charge in [0.1, 0.15) is 16.7 Å². The van der Waals surface area contributed by atoms with E-state index in [2.05, 4.69) is 19.9 Å². The molecule has 0 amide bonds. The number of ether oxygens (including phenoxy) is 2. The minimum absolute atomic E-state index is 0.493. The van der Waals surface area contributed by atoms with Crippen LogP contribution in [0.15, 0.2) is 12.4 Å². The van der Waals surface area contributed by atoms with Gasteiger partial charge in [-0.15, -0.1) is 0 Å². The fraction of sp³-hybridized carbons (Fsp3) is 0.333. The molecular weight excluding hydrogens is 264 g/mol. The van der Waals surface area contributed by atoms with Crippen molar-refractivity contribution < 1.29 is 9.47 Å². The second-order valence-corrected chi connectivity index (χ2v) is 4.48. The van der Waals surface area contributed by atoms with Crippen LogP contribution in [0.25, 0.3) is 11.5 Å². The van der Waals surface area contributed by atoms with Gasteiger partial charge in [0, 0.05) is 23.7 Å². The summed E-state index contributed by atoms with van der Waals surface area (Å²) in [4.78, 5) is 15.8. The van der Waals surface area contributed by atoms with Crippen LogP contribution < -0.4 is 4.74 Å². The van der Waals surface area contributed by atoms with Crippen molar-refractivity contribution in [1.82, 2.24) is 19.9 Å². The van der Waals surface area contributed by atoms with Crippen LogP contribution >= 0.6 is 12.2 Å². The van der Waals surface area contributed by atoms with Gasteiger partial charge in [-0.1, -0.05) is 12.2 Å². The number of fused-ring (bicyclic) bond motifs is 1. The van der Waals surface area contributed by atoms with Crippen molar-refractivity contribution in [2.75, 3.05) is 13.7 Å². The summed E-state index contributed by atoms with van der Waals surface area (Å²) in [6.45, 7) is 1.21. The molecule has 0 unspecified atom stereocenters. The molecule has 1 N–H and O–H groups in total. The van der Waals surface area contributed by atoms with Crippen LogP contribution in [0.4, 0.5) is 0 Å². The van der Waals surface area contributed by atoms with Gasteiger partial charge in [-0.25, -0.2) is 15.0 Å². The lowest BCUT2D eigenvalue weighted by Gasteiger charge is -2.16. The third-order valence-corrected chi connectivity index (χ3v) is 3.28. The van der Waals surface area contributed by atoms with E-state index in [1.165, 1.54) is 6.33 Å². The topological polar surface area (TPSA) is 72.9 Å². The van der Waals surface area contributed by atoms with Gasteiger partial charge in [0.2, 0.25) is 5.88 Å². The second-order valence-electron chi connectivity index (χ2n) is 4.10. The number of hydrogen-bond acceptors (Lipinski definition) is 6. The highest BCUT2D eigenvalue weighted by atomic mass is 32.1. The monoisotopic (exact) mass is 276 g/mol. The molecule has 2 aromatic rings. The Morgan fingerprint density at radius 2 is 2.32 bits per heavy atom. The zero-order valence-corrected chi connectivity index (χ0v) is 11.2. The Morgan fingerprint density at radius 1 is 1.42 bits per heavy atom. The molecule has 6 nitrogen and oxygen atoms in total. The van der Waals surface area contributed by atoms with Crippen LogP contribution in [0.5, 0.6) is 5.88 Å². The van der Waals surface area contributed by atoms with Gasteiger partial charge in [0.15, 0.2) is 5.82 Å². The maximum atomic E-state index is 5.39. The number of aromatic amines is 1. The first-order chi connectivity index (χ1) is 9.28. The predicted octanol–water partition coefficient (Wildman–Crippen LogP) is 1.68. The molecule has 1 aliphatic rings. The standard InChI is InChI=1S/C12H12N4O2S/c1-17-10-4-9(13-6-14-10)11-15-8-2-3-18-5-7(8)12(19)16-11/h4,6H,2-3,5H2,1H3,(H,15,16,19). The number of H-pyrrole nitrogens is 1. The van der Waals surface area contributed by atoms with Crippen molar-refractivity contribution in [2.45, 2.75) is 13.0 Å². The van der Waals surface area contributed by atoms with Crippen LogP contribution in [-0.4, -0.2) is 33.7 Å². The van der Waals surface area contributed by atoms with Crippen LogP contribution in [0.1, 0.15) is 11.3 Å². The van der Waals surface area contributed by atoms with Crippen molar-refractivity contribution in [3.8, 4) is 17.4 Å². The zero-order chi connectivity index (χ0) is 13.2. The van der Waals surface area contributed by atoms with Crippen LogP contribution in [-0.2, 0) is 17.8 Å². The number of aromatic nitrogens is 4. The largest absolute Gasteiger partial charge is 0.481 e. The molecule has 98 valence electrons. The molecule has 0 saturated heterocycles. The van der Waals surface area contributed by atoms with Crippen molar-refractivity contribution in [3.05, 3.63) is 28.3 Å². The third kappa shape index (κ3) is 2.34. The molecule has 0 spiro atoms. The highest BCUT2D eigenvalue weighted by molar-refractivity contribution is 7.71. The van der Waals surface area contributed by atoms with Crippen LogP contribution in [0.3, 0.4) is 0 Å². The molecule has 3 heterocycles.